The largest absolute Gasteiger partial charge is 0.329 e. The smallest absolute Gasteiger partial charge is 0.0331 e. The van der Waals surface area contributed by atoms with E-state index in [9.17, 15) is 0 Å². The van der Waals surface area contributed by atoms with Crippen LogP contribution in [0, 0.1) is 11.8 Å². The van der Waals surface area contributed by atoms with E-state index in [4.69, 9.17) is 5.73 Å². The predicted octanol–water partition coefficient (Wildman–Crippen LogP) is 2.87. The van der Waals surface area contributed by atoms with Gasteiger partial charge < -0.3 is 5.73 Å². The number of likely N-dealkylation sites (N-methyl/N-ethyl adjacent to an activating group) is 1. The van der Waals surface area contributed by atoms with Crippen molar-refractivity contribution < 1.29 is 0 Å². The molecule has 1 saturated carbocycles. The molecule has 1 fully saturated rings. The minimum absolute atomic E-state index is 0.310. The highest BCUT2D eigenvalue weighted by Gasteiger charge is 2.40. The zero-order valence-corrected chi connectivity index (χ0v) is 11.6. The first-order valence-electron chi connectivity index (χ1n) is 6.99. The van der Waals surface area contributed by atoms with Gasteiger partial charge in [0, 0.05) is 18.6 Å². The van der Waals surface area contributed by atoms with Crippen molar-refractivity contribution in [1.82, 2.24) is 4.90 Å². The molecule has 0 radical (unpaired) electrons. The molecule has 3 atom stereocenters. The van der Waals surface area contributed by atoms with E-state index < -0.39 is 0 Å². The highest BCUT2D eigenvalue weighted by molar-refractivity contribution is 4.97. The normalized spacial score (nSPS) is 32.2. The minimum atomic E-state index is 0.310. The fraction of sp³-hybridized carbons (Fsp3) is 1.00. The van der Waals surface area contributed by atoms with E-state index in [1.807, 2.05) is 0 Å². The molecule has 0 aromatic carbocycles. The van der Waals surface area contributed by atoms with Crippen LogP contribution in [0.4, 0.5) is 0 Å². The number of hydrogen-bond donors (Lipinski definition) is 1. The van der Waals surface area contributed by atoms with Gasteiger partial charge in [0.2, 0.25) is 0 Å². The first-order valence-corrected chi connectivity index (χ1v) is 6.99. The summed E-state index contributed by atoms with van der Waals surface area (Å²) < 4.78 is 0. The van der Waals surface area contributed by atoms with Crippen molar-refractivity contribution in [1.29, 1.82) is 0 Å². The maximum absolute atomic E-state index is 6.06. The van der Waals surface area contributed by atoms with Crippen LogP contribution in [0.25, 0.3) is 0 Å². The second-order valence-corrected chi connectivity index (χ2v) is 5.84. The Balaban J connectivity index is 2.59. The van der Waals surface area contributed by atoms with Crippen LogP contribution in [0.1, 0.15) is 52.9 Å². The Bertz CT molecular complexity index is 205. The predicted molar refractivity (Wildman–Crippen MR) is 71.5 cm³/mol. The maximum atomic E-state index is 6.06. The lowest BCUT2D eigenvalue weighted by atomic mass is 9.92. The van der Waals surface area contributed by atoms with E-state index in [0.717, 1.165) is 18.4 Å². The Morgan fingerprint density at radius 2 is 2.12 bits per heavy atom. The second-order valence-electron chi connectivity index (χ2n) is 5.84. The molecule has 0 aliphatic heterocycles. The molecule has 0 heterocycles. The van der Waals surface area contributed by atoms with Gasteiger partial charge in [-0.05, 0) is 38.1 Å². The molecule has 1 rings (SSSR count). The van der Waals surface area contributed by atoms with Crippen molar-refractivity contribution in [2.45, 2.75) is 58.4 Å². The van der Waals surface area contributed by atoms with Crippen LogP contribution in [0.15, 0.2) is 0 Å². The van der Waals surface area contributed by atoms with Gasteiger partial charge in [0.25, 0.3) is 0 Å². The third-order valence-corrected chi connectivity index (χ3v) is 4.74. The van der Waals surface area contributed by atoms with Crippen molar-refractivity contribution in [3.8, 4) is 0 Å². The molecule has 0 aromatic rings. The van der Waals surface area contributed by atoms with Gasteiger partial charge in [0.05, 0.1) is 0 Å². The summed E-state index contributed by atoms with van der Waals surface area (Å²) in [6.07, 6.45) is 6.57. The molecule has 0 aromatic heterocycles. The first kappa shape index (κ1) is 14.0. The average Bonchev–Trinajstić information content (AvgIpc) is 2.73. The molecule has 2 nitrogen and oxygen atoms in total. The monoisotopic (exact) mass is 226 g/mol. The second kappa shape index (κ2) is 6.02. The molecule has 16 heavy (non-hydrogen) atoms. The first-order chi connectivity index (χ1) is 7.57. The molecular formula is C14H30N2. The van der Waals surface area contributed by atoms with Crippen molar-refractivity contribution in [2.24, 2.45) is 17.6 Å². The van der Waals surface area contributed by atoms with Crippen molar-refractivity contribution >= 4 is 0 Å². The Labute approximate surface area is 102 Å². The van der Waals surface area contributed by atoms with Gasteiger partial charge in [0.15, 0.2) is 0 Å². The highest BCUT2D eigenvalue weighted by atomic mass is 15.2. The zero-order chi connectivity index (χ0) is 12.2. The SMILES string of the molecule is CCC(C)CN(C)C1(CN)CCC(CC)C1. The summed E-state index contributed by atoms with van der Waals surface area (Å²) in [5.74, 6) is 1.69. The summed E-state index contributed by atoms with van der Waals surface area (Å²) in [7, 11) is 2.27. The van der Waals surface area contributed by atoms with E-state index in [0.29, 0.717) is 5.54 Å². The summed E-state index contributed by atoms with van der Waals surface area (Å²) in [6, 6.07) is 0. The molecular weight excluding hydrogens is 196 g/mol. The van der Waals surface area contributed by atoms with Crippen molar-refractivity contribution in [3.63, 3.8) is 0 Å². The summed E-state index contributed by atoms with van der Waals surface area (Å²) in [4.78, 5) is 2.55. The number of rotatable bonds is 6. The quantitative estimate of drug-likeness (QED) is 0.754. The third-order valence-electron chi connectivity index (χ3n) is 4.74. The fourth-order valence-electron chi connectivity index (χ4n) is 3.04. The van der Waals surface area contributed by atoms with Crippen LogP contribution in [-0.4, -0.2) is 30.6 Å². The van der Waals surface area contributed by atoms with E-state index >= 15 is 0 Å². The summed E-state index contributed by atoms with van der Waals surface area (Å²) in [5, 5.41) is 0. The van der Waals surface area contributed by atoms with Gasteiger partial charge in [-0.15, -0.1) is 0 Å². The average molecular weight is 226 g/mol. The Morgan fingerprint density at radius 1 is 1.44 bits per heavy atom. The van der Waals surface area contributed by atoms with E-state index in [2.05, 4.69) is 32.7 Å². The summed E-state index contributed by atoms with van der Waals surface area (Å²) >= 11 is 0. The van der Waals surface area contributed by atoms with Crippen LogP contribution in [0.3, 0.4) is 0 Å². The molecule has 1 aliphatic rings. The van der Waals surface area contributed by atoms with Gasteiger partial charge in [-0.1, -0.05) is 33.6 Å². The van der Waals surface area contributed by atoms with E-state index in [1.54, 1.807) is 0 Å². The number of nitrogens with two attached hydrogens (primary N) is 1. The lowest BCUT2D eigenvalue weighted by Crippen LogP contribution is -2.51. The number of nitrogens with zero attached hydrogens (tertiary/aromatic N) is 1. The van der Waals surface area contributed by atoms with Crippen LogP contribution in [-0.2, 0) is 0 Å². The molecule has 0 bridgehead atoms. The molecule has 2 N–H and O–H groups in total. The Morgan fingerprint density at radius 3 is 2.56 bits per heavy atom. The molecule has 3 unspecified atom stereocenters. The lowest BCUT2D eigenvalue weighted by Gasteiger charge is -2.39. The molecule has 96 valence electrons. The van der Waals surface area contributed by atoms with E-state index in [-0.39, 0.29) is 0 Å². The van der Waals surface area contributed by atoms with Gasteiger partial charge >= 0.3 is 0 Å². The molecule has 2 heteroatoms. The molecule has 1 aliphatic carbocycles. The van der Waals surface area contributed by atoms with Gasteiger partial charge in [-0.2, -0.15) is 0 Å². The Hall–Kier alpha value is -0.0800. The zero-order valence-electron chi connectivity index (χ0n) is 11.6. The number of hydrogen-bond acceptors (Lipinski definition) is 2. The topological polar surface area (TPSA) is 29.3 Å². The standard InChI is InChI=1S/C14H30N2/c1-5-12(3)10-16(4)14(11-15)8-7-13(6-2)9-14/h12-13H,5-11,15H2,1-4H3. The lowest BCUT2D eigenvalue weighted by molar-refractivity contribution is 0.108. The van der Waals surface area contributed by atoms with Crippen LogP contribution in [0.5, 0.6) is 0 Å². The maximum Gasteiger partial charge on any atom is 0.0331 e. The molecule has 0 saturated heterocycles. The fourth-order valence-corrected chi connectivity index (χ4v) is 3.04. The van der Waals surface area contributed by atoms with Gasteiger partial charge in [0.1, 0.15) is 0 Å². The Kier molecular flexibility index (Phi) is 5.26. The minimum Gasteiger partial charge on any atom is -0.329 e. The van der Waals surface area contributed by atoms with Gasteiger partial charge in [-0.3, -0.25) is 4.90 Å². The summed E-state index contributed by atoms with van der Waals surface area (Å²) in [6.45, 7) is 8.95. The van der Waals surface area contributed by atoms with Crippen LogP contribution < -0.4 is 5.73 Å². The summed E-state index contributed by atoms with van der Waals surface area (Å²) in [5.41, 5.74) is 6.37. The third kappa shape index (κ3) is 2.98. The van der Waals surface area contributed by atoms with E-state index in [1.165, 1.54) is 38.6 Å². The van der Waals surface area contributed by atoms with Gasteiger partial charge in [-0.25, -0.2) is 0 Å². The van der Waals surface area contributed by atoms with Crippen LogP contribution in [0.2, 0.25) is 0 Å². The molecule has 0 spiro atoms. The van der Waals surface area contributed by atoms with Crippen molar-refractivity contribution in [3.05, 3.63) is 0 Å². The van der Waals surface area contributed by atoms with Crippen LogP contribution >= 0.6 is 0 Å². The van der Waals surface area contributed by atoms with Crippen molar-refractivity contribution in [2.75, 3.05) is 20.1 Å². The molecule has 0 amide bonds. The highest BCUT2D eigenvalue weighted by Crippen LogP contribution is 2.39.